The SMILES string of the molecule is CC/C=C\C/C=C\C/C=C\C/C=C\C/C=C\C/C=C\C/C=C\CCCCCCCCCCCCCCCCCCCCCC(=O)NC(COP(=O)([O-])OCC[N+](C)(C)C)C(O)CCCCCCCCCCCCCCCCCCCC. The molecule has 0 saturated carbocycles. The molecule has 0 aromatic carbocycles. The summed E-state index contributed by atoms with van der Waals surface area (Å²) in [5.74, 6) is -0.161. The number of aliphatic hydroxyl groups excluding tert-OH is 1. The van der Waals surface area contributed by atoms with E-state index in [-0.39, 0.29) is 19.1 Å². The van der Waals surface area contributed by atoms with E-state index in [4.69, 9.17) is 9.05 Å². The quantitative estimate of drug-likeness (QED) is 0.0272. The lowest BCUT2D eigenvalue weighted by molar-refractivity contribution is -0.870. The van der Waals surface area contributed by atoms with Crippen LogP contribution in [0, 0.1) is 0 Å². The Kier molecular flexibility index (Phi) is 60.4. The molecule has 2 N–H and O–H groups in total. The van der Waals surface area contributed by atoms with Gasteiger partial charge < -0.3 is 28.8 Å². The van der Waals surface area contributed by atoms with Crippen molar-refractivity contribution in [3.8, 4) is 0 Å². The molecule has 472 valence electrons. The molecule has 1 amide bonds. The van der Waals surface area contributed by atoms with Crippen LogP contribution in [0.5, 0.6) is 0 Å². The molecule has 0 aliphatic carbocycles. The van der Waals surface area contributed by atoms with E-state index in [1.165, 1.54) is 205 Å². The molecule has 0 aliphatic rings. The van der Waals surface area contributed by atoms with E-state index in [1.54, 1.807) is 0 Å². The largest absolute Gasteiger partial charge is 0.756 e. The van der Waals surface area contributed by atoms with Gasteiger partial charge >= 0.3 is 0 Å². The van der Waals surface area contributed by atoms with E-state index in [0.717, 1.165) is 83.5 Å². The Morgan fingerprint density at radius 1 is 0.444 bits per heavy atom. The monoisotopic (exact) mass is 1150 g/mol. The smallest absolute Gasteiger partial charge is 0.268 e. The molecule has 0 aromatic heterocycles. The minimum atomic E-state index is -4.58. The molecule has 0 aliphatic heterocycles. The third-order valence-corrected chi connectivity index (χ3v) is 16.4. The third-order valence-electron chi connectivity index (χ3n) is 15.4. The van der Waals surface area contributed by atoms with Crippen molar-refractivity contribution < 1.29 is 32.9 Å². The number of nitrogens with zero attached hydrogens (tertiary/aromatic N) is 1. The molecule has 0 bridgehead atoms. The number of phosphoric ester groups is 1. The van der Waals surface area contributed by atoms with Gasteiger partial charge in [0.1, 0.15) is 13.2 Å². The number of amides is 1. The number of carbonyl (C=O) groups excluding carboxylic acids is 1. The first-order valence-electron chi connectivity index (χ1n) is 34.4. The summed E-state index contributed by atoms with van der Waals surface area (Å²) >= 11 is 0. The zero-order chi connectivity index (χ0) is 59.1. The Morgan fingerprint density at radius 3 is 1.10 bits per heavy atom. The van der Waals surface area contributed by atoms with E-state index in [0.29, 0.717) is 23.9 Å². The summed E-state index contributed by atoms with van der Waals surface area (Å²) in [6.45, 7) is 4.64. The molecular weight excluding hydrogens is 1020 g/mol. The van der Waals surface area contributed by atoms with Crippen LogP contribution in [0.3, 0.4) is 0 Å². The summed E-state index contributed by atoms with van der Waals surface area (Å²) in [5.41, 5.74) is 0. The van der Waals surface area contributed by atoms with E-state index in [1.807, 2.05) is 21.1 Å². The first-order chi connectivity index (χ1) is 39.5. The Hall–Kier alpha value is -2.32. The number of rotatable bonds is 63. The Bertz CT molecular complexity index is 1600. The minimum Gasteiger partial charge on any atom is -0.756 e. The number of carbonyl (C=O) groups is 1. The van der Waals surface area contributed by atoms with Crippen molar-refractivity contribution in [2.24, 2.45) is 0 Å². The fraction of sp³-hybridized carbons (Fsp3) is 0.792. The molecule has 9 heteroatoms. The van der Waals surface area contributed by atoms with Gasteiger partial charge in [0.15, 0.2) is 0 Å². The van der Waals surface area contributed by atoms with Crippen LogP contribution in [-0.4, -0.2) is 68.5 Å². The highest BCUT2D eigenvalue weighted by Crippen LogP contribution is 2.38. The summed E-state index contributed by atoms with van der Waals surface area (Å²) in [7, 11) is 1.31. The predicted molar refractivity (Wildman–Crippen MR) is 353 cm³/mol. The van der Waals surface area contributed by atoms with Gasteiger partial charge in [-0.05, 0) is 70.6 Å². The first-order valence-corrected chi connectivity index (χ1v) is 35.9. The van der Waals surface area contributed by atoms with Gasteiger partial charge in [0.05, 0.1) is 39.9 Å². The van der Waals surface area contributed by atoms with E-state index >= 15 is 0 Å². The number of aliphatic hydroxyl groups is 1. The Balaban J connectivity index is 3.94. The van der Waals surface area contributed by atoms with Crippen LogP contribution in [0.1, 0.15) is 316 Å². The second-order valence-electron chi connectivity index (χ2n) is 24.5. The zero-order valence-electron chi connectivity index (χ0n) is 54.0. The molecule has 0 radical (unpaired) electrons. The number of hydrogen-bond acceptors (Lipinski definition) is 6. The summed E-state index contributed by atoms with van der Waals surface area (Å²) in [6, 6.07) is -0.803. The highest BCUT2D eigenvalue weighted by atomic mass is 31.2. The lowest BCUT2D eigenvalue weighted by Gasteiger charge is -2.30. The number of allylic oxidation sites excluding steroid dienone is 14. The molecule has 0 rings (SSSR count). The van der Waals surface area contributed by atoms with Crippen LogP contribution in [0.15, 0.2) is 85.1 Å². The van der Waals surface area contributed by atoms with Crippen molar-refractivity contribution in [2.75, 3.05) is 40.9 Å². The number of phosphoric acid groups is 1. The highest BCUT2D eigenvalue weighted by molar-refractivity contribution is 7.45. The van der Waals surface area contributed by atoms with Gasteiger partial charge in [-0.3, -0.25) is 9.36 Å². The van der Waals surface area contributed by atoms with Gasteiger partial charge in [-0.15, -0.1) is 0 Å². The summed E-state index contributed by atoms with van der Waals surface area (Å²) in [5, 5.41) is 14.1. The normalized spacial score (nSPS) is 14.2. The molecular formula is C72H133N2O6P. The van der Waals surface area contributed by atoms with Crippen molar-refractivity contribution in [1.82, 2.24) is 5.32 Å². The molecule has 3 unspecified atom stereocenters. The molecule has 0 aromatic rings. The molecule has 0 heterocycles. The number of quaternary nitrogens is 1. The van der Waals surface area contributed by atoms with E-state index in [9.17, 15) is 19.4 Å². The van der Waals surface area contributed by atoms with Gasteiger partial charge in [0.2, 0.25) is 5.91 Å². The zero-order valence-corrected chi connectivity index (χ0v) is 54.9. The van der Waals surface area contributed by atoms with Crippen LogP contribution >= 0.6 is 7.82 Å². The average molecular weight is 1150 g/mol. The Morgan fingerprint density at radius 2 is 0.753 bits per heavy atom. The van der Waals surface area contributed by atoms with Crippen LogP contribution in [-0.2, 0) is 18.4 Å². The van der Waals surface area contributed by atoms with Crippen molar-refractivity contribution >= 4 is 13.7 Å². The average Bonchev–Trinajstić information content (AvgIpc) is 3.43. The lowest BCUT2D eigenvalue weighted by atomic mass is 10.0. The fourth-order valence-corrected chi connectivity index (χ4v) is 10.8. The molecule has 0 fully saturated rings. The van der Waals surface area contributed by atoms with Gasteiger partial charge in [0, 0.05) is 6.42 Å². The fourth-order valence-electron chi connectivity index (χ4n) is 10.1. The Labute approximate surface area is 503 Å². The van der Waals surface area contributed by atoms with Gasteiger partial charge in [0.25, 0.3) is 7.82 Å². The maximum absolute atomic E-state index is 13.0. The third kappa shape index (κ3) is 65.1. The van der Waals surface area contributed by atoms with Crippen molar-refractivity contribution in [3.63, 3.8) is 0 Å². The number of nitrogens with one attached hydrogen (secondary N) is 1. The maximum atomic E-state index is 13.0. The topological polar surface area (TPSA) is 108 Å². The predicted octanol–water partition coefficient (Wildman–Crippen LogP) is 21.3. The van der Waals surface area contributed by atoms with Crippen LogP contribution in [0.25, 0.3) is 0 Å². The standard InChI is InChI=1S/C72H133N2O6P/c1-6-8-10-12-14-16-18-20-22-24-26-27-28-29-30-31-32-33-34-35-36-37-38-39-40-41-42-43-44-45-46-47-48-50-52-54-56-58-60-62-64-66-72(76)73-70(69-80-81(77,78)79-68-67-74(3,4)5)71(75)65-63-61-59-57-55-53-51-49-25-23-21-19-17-15-13-11-9-7-2/h8,10,14,16,20,22,26-27,29-30,32-33,35-36,70-71,75H,6-7,9,11-13,15,17-19,21,23-25,28,31,34,37-69H2,1-5H3,(H-,73,76,77,78)/b10-8-,16-14-,22-20-,27-26-,30-29-,33-32-,36-35-. The highest BCUT2D eigenvalue weighted by Gasteiger charge is 2.24. The number of likely N-dealkylation sites (N-methyl/N-ethyl adjacent to an activating group) is 1. The van der Waals surface area contributed by atoms with Crippen molar-refractivity contribution in [1.29, 1.82) is 0 Å². The second-order valence-corrected chi connectivity index (χ2v) is 25.9. The minimum absolute atomic E-state index is 0.0120. The molecule has 81 heavy (non-hydrogen) atoms. The maximum Gasteiger partial charge on any atom is 0.268 e. The number of hydrogen-bond donors (Lipinski definition) is 2. The van der Waals surface area contributed by atoms with Crippen molar-refractivity contribution in [3.05, 3.63) is 85.1 Å². The van der Waals surface area contributed by atoms with Crippen LogP contribution in [0.2, 0.25) is 0 Å². The van der Waals surface area contributed by atoms with Gasteiger partial charge in [-0.25, -0.2) is 0 Å². The van der Waals surface area contributed by atoms with Crippen LogP contribution < -0.4 is 10.2 Å². The molecule has 0 spiro atoms. The van der Waals surface area contributed by atoms with Gasteiger partial charge in [-0.2, -0.15) is 0 Å². The summed E-state index contributed by atoms with van der Waals surface area (Å²) in [4.78, 5) is 25.6. The second kappa shape index (κ2) is 62.2. The molecule has 3 atom stereocenters. The lowest BCUT2D eigenvalue weighted by Crippen LogP contribution is -2.46. The molecule has 8 nitrogen and oxygen atoms in total. The van der Waals surface area contributed by atoms with E-state index in [2.05, 4.69) is 104 Å². The summed E-state index contributed by atoms with van der Waals surface area (Å²) in [6.07, 6.45) is 88.0. The van der Waals surface area contributed by atoms with Crippen molar-refractivity contribution in [2.45, 2.75) is 328 Å². The van der Waals surface area contributed by atoms with Gasteiger partial charge in [-0.1, -0.05) is 324 Å². The molecule has 0 saturated heterocycles. The van der Waals surface area contributed by atoms with Crippen LogP contribution in [0.4, 0.5) is 0 Å². The number of unbranched alkanes of at least 4 members (excludes halogenated alkanes) is 36. The van der Waals surface area contributed by atoms with E-state index < -0.39 is 20.0 Å². The summed E-state index contributed by atoms with van der Waals surface area (Å²) < 4.78 is 23.5. The first kappa shape index (κ1) is 78.7.